The number of carbonyl (C=O) groups excluding carboxylic acids is 1. The zero-order valence-corrected chi connectivity index (χ0v) is 17.3. The SMILES string of the molecule is CN(C)CC1COC2(CCCN(C(=O)Cc3ccccc3)C2)C1.O=C(O)C(F)(F)F. The van der Waals surface area contributed by atoms with E-state index >= 15 is 0 Å². The molecule has 0 bridgehead atoms. The zero-order valence-electron chi connectivity index (χ0n) is 17.3. The van der Waals surface area contributed by atoms with Crippen molar-refractivity contribution in [3.63, 3.8) is 0 Å². The summed E-state index contributed by atoms with van der Waals surface area (Å²) < 4.78 is 37.9. The number of aliphatic carboxylic acids is 1. The van der Waals surface area contributed by atoms with Crippen LogP contribution in [0.15, 0.2) is 30.3 Å². The summed E-state index contributed by atoms with van der Waals surface area (Å²) in [5, 5.41) is 7.12. The Morgan fingerprint density at radius 3 is 2.47 bits per heavy atom. The maximum atomic E-state index is 12.6. The number of nitrogens with zero attached hydrogens (tertiary/aromatic N) is 2. The van der Waals surface area contributed by atoms with Crippen molar-refractivity contribution in [2.45, 2.75) is 37.5 Å². The van der Waals surface area contributed by atoms with Gasteiger partial charge in [-0.1, -0.05) is 30.3 Å². The van der Waals surface area contributed by atoms with Gasteiger partial charge in [-0.15, -0.1) is 0 Å². The Balaban J connectivity index is 0.000000396. The Morgan fingerprint density at radius 1 is 1.27 bits per heavy atom. The van der Waals surface area contributed by atoms with Gasteiger partial charge in [-0.25, -0.2) is 4.79 Å². The molecule has 0 aliphatic carbocycles. The van der Waals surface area contributed by atoms with E-state index in [0.29, 0.717) is 12.3 Å². The minimum Gasteiger partial charge on any atom is -0.475 e. The third-order valence-corrected chi connectivity index (χ3v) is 5.24. The van der Waals surface area contributed by atoms with Crippen LogP contribution in [0.25, 0.3) is 0 Å². The van der Waals surface area contributed by atoms with Crippen LogP contribution in [-0.4, -0.2) is 78.9 Å². The molecule has 30 heavy (non-hydrogen) atoms. The number of carboxylic acid groups (broad SMARTS) is 1. The van der Waals surface area contributed by atoms with Crippen molar-refractivity contribution < 1.29 is 32.6 Å². The van der Waals surface area contributed by atoms with Crippen LogP contribution >= 0.6 is 0 Å². The second-order valence-corrected chi connectivity index (χ2v) is 8.21. The number of halogens is 3. The van der Waals surface area contributed by atoms with Gasteiger partial charge in [0.2, 0.25) is 5.91 Å². The summed E-state index contributed by atoms with van der Waals surface area (Å²) >= 11 is 0. The van der Waals surface area contributed by atoms with Crippen LogP contribution in [0.5, 0.6) is 0 Å². The lowest BCUT2D eigenvalue weighted by Crippen LogP contribution is -2.50. The normalized spacial score (nSPS) is 23.9. The van der Waals surface area contributed by atoms with E-state index in [1.54, 1.807) is 0 Å². The van der Waals surface area contributed by atoms with Gasteiger partial charge >= 0.3 is 12.1 Å². The highest BCUT2D eigenvalue weighted by Gasteiger charge is 2.44. The molecular weight excluding hydrogens is 401 g/mol. The largest absolute Gasteiger partial charge is 0.490 e. The number of piperidine rings is 1. The maximum absolute atomic E-state index is 12.6. The van der Waals surface area contributed by atoms with Crippen molar-refractivity contribution in [2.24, 2.45) is 5.92 Å². The van der Waals surface area contributed by atoms with Gasteiger partial charge in [-0.3, -0.25) is 4.79 Å². The molecular formula is C21H29F3N2O4. The molecule has 0 saturated carbocycles. The fraction of sp³-hybridized carbons (Fsp3) is 0.619. The first-order valence-electron chi connectivity index (χ1n) is 9.91. The van der Waals surface area contributed by atoms with Crippen LogP contribution in [0.1, 0.15) is 24.8 Å². The molecule has 2 fully saturated rings. The van der Waals surface area contributed by atoms with E-state index in [0.717, 1.165) is 51.1 Å². The van der Waals surface area contributed by atoms with Crippen molar-refractivity contribution in [3.8, 4) is 0 Å². The van der Waals surface area contributed by atoms with Gasteiger partial charge in [0.15, 0.2) is 0 Å². The number of ether oxygens (including phenoxy) is 1. The van der Waals surface area contributed by atoms with E-state index in [1.165, 1.54) is 0 Å². The van der Waals surface area contributed by atoms with E-state index in [2.05, 4.69) is 19.0 Å². The molecule has 2 aliphatic heterocycles. The Labute approximate surface area is 174 Å². The van der Waals surface area contributed by atoms with Crippen molar-refractivity contribution in [1.29, 1.82) is 0 Å². The lowest BCUT2D eigenvalue weighted by molar-refractivity contribution is -0.192. The second-order valence-electron chi connectivity index (χ2n) is 8.21. The van der Waals surface area contributed by atoms with Gasteiger partial charge in [-0.2, -0.15) is 13.2 Å². The molecule has 2 heterocycles. The molecule has 2 aliphatic rings. The first-order chi connectivity index (χ1) is 14.0. The van der Waals surface area contributed by atoms with Crippen LogP contribution in [-0.2, 0) is 20.7 Å². The quantitative estimate of drug-likeness (QED) is 0.796. The maximum Gasteiger partial charge on any atom is 0.490 e. The highest BCUT2D eigenvalue weighted by atomic mass is 19.4. The van der Waals surface area contributed by atoms with Gasteiger partial charge in [0.25, 0.3) is 0 Å². The summed E-state index contributed by atoms with van der Waals surface area (Å²) in [5.74, 6) is -1.93. The molecule has 2 atom stereocenters. The number of rotatable bonds is 4. The third-order valence-electron chi connectivity index (χ3n) is 5.24. The monoisotopic (exact) mass is 430 g/mol. The number of amides is 1. The number of hydrogen-bond donors (Lipinski definition) is 1. The summed E-state index contributed by atoms with van der Waals surface area (Å²) in [6, 6.07) is 10.0. The predicted molar refractivity (Wildman–Crippen MR) is 105 cm³/mol. The number of alkyl halides is 3. The van der Waals surface area contributed by atoms with Crippen LogP contribution < -0.4 is 0 Å². The van der Waals surface area contributed by atoms with Crippen molar-refractivity contribution >= 4 is 11.9 Å². The van der Waals surface area contributed by atoms with Gasteiger partial charge in [0.05, 0.1) is 18.6 Å². The lowest BCUT2D eigenvalue weighted by atomic mass is 9.86. The Bertz CT molecular complexity index is 712. The molecule has 1 N–H and O–H groups in total. The Hall–Kier alpha value is -2.13. The first-order valence-corrected chi connectivity index (χ1v) is 9.91. The van der Waals surface area contributed by atoms with Crippen molar-refractivity contribution in [2.75, 3.05) is 40.3 Å². The highest BCUT2D eigenvalue weighted by Crippen LogP contribution is 2.37. The topological polar surface area (TPSA) is 70.1 Å². The van der Waals surface area contributed by atoms with Crippen LogP contribution in [0, 0.1) is 5.92 Å². The summed E-state index contributed by atoms with van der Waals surface area (Å²) in [6.07, 6.45) is -1.36. The van der Waals surface area contributed by atoms with E-state index in [-0.39, 0.29) is 11.5 Å². The zero-order chi connectivity index (χ0) is 22.4. The van der Waals surface area contributed by atoms with Gasteiger partial charge in [0, 0.05) is 19.6 Å². The minimum absolute atomic E-state index is 0.0920. The van der Waals surface area contributed by atoms with E-state index < -0.39 is 12.1 Å². The van der Waals surface area contributed by atoms with Crippen LogP contribution in [0.3, 0.4) is 0 Å². The fourth-order valence-corrected chi connectivity index (χ4v) is 4.05. The van der Waals surface area contributed by atoms with Crippen LogP contribution in [0.4, 0.5) is 13.2 Å². The van der Waals surface area contributed by atoms with E-state index in [9.17, 15) is 18.0 Å². The molecule has 168 valence electrons. The number of carbonyl (C=O) groups is 2. The molecule has 9 heteroatoms. The number of likely N-dealkylation sites (tertiary alicyclic amines) is 1. The van der Waals surface area contributed by atoms with Gasteiger partial charge in [-0.05, 0) is 44.8 Å². The molecule has 1 spiro atoms. The second kappa shape index (κ2) is 10.3. The molecule has 2 saturated heterocycles. The van der Waals surface area contributed by atoms with Crippen molar-refractivity contribution in [1.82, 2.24) is 9.80 Å². The molecule has 1 aromatic rings. The summed E-state index contributed by atoms with van der Waals surface area (Å²) in [7, 11) is 4.23. The molecule has 6 nitrogen and oxygen atoms in total. The standard InChI is InChI=1S/C19H28N2O2.C2HF3O2/c1-20(2)13-17-12-19(23-14-17)9-6-10-21(15-19)18(22)11-16-7-4-3-5-8-16;3-2(4,5)1(6)7/h3-5,7-8,17H,6,9-15H2,1-2H3;(H,6,7). The average molecular weight is 430 g/mol. The molecule has 1 amide bonds. The average Bonchev–Trinajstić information content (AvgIpc) is 3.03. The summed E-state index contributed by atoms with van der Waals surface area (Å²) in [6.45, 7) is 3.54. The van der Waals surface area contributed by atoms with Crippen molar-refractivity contribution in [3.05, 3.63) is 35.9 Å². The third kappa shape index (κ3) is 7.28. The van der Waals surface area contributed by atoms with E-state index in [1.807, 2.05) is 35.2 Å². The molecule has 1 aromatic carbocycles. The smallest absolute Gasteiger partial charge is 0.475 e. The van der Waals surface area contributed by atoms with Gasteiger partial charge < -0.3 is 19.6 Å². The minimum atomic E-state index is -5.08. The van der Waals surface area contributed by atoms with Gasteiger partial charge in [0.1, 0.15) is 0 Å². The fourth-order valence-electron chi connectivity index (χ4n) is 4.05. The number of benzene rings is 1. The Kier molecular flexibility index (Phi) is 8.25. The van der Waals surface area contributed by atoms with E-state index in [4.69, 9.17) is 14.6 Å². The number of hydrogen-bond acceptors (Lipinski definition) is 4. The molecule has 3 rings (SSSR count). The van der Waals surface area contributed by atoms with Crippen LogP contribution in [0.2, 0.25) is 0 Å². The molecule has 2 unspecified atom stereocenters. The summed E-state index contributed by atoms with van der Waals surface area (Å²) in [5.41, 5.74) is 1.00. The lowest BCUT2D eigenvalue weighted by Gasteiger charge is -2.40. The first kappa shape index (κ1) is 24.1. The molecule has 0 radical (unpaired) electrons. The predicted octanol–water partition coefficient (Wildman–Crippen LogP) is 2.82. The number of carboxylic acids is 1. The Morgan fingerprint density at radius 2 is 1.90 bits per heavy atom. The highest BCUT2D eigenvalue weighted by molar-refractivity contribution is 5.79. The molecule has 0 aromatic heterocycles. The summed E-state index contributed by atoms with van der Waals surface area (Å²) in [4.78, 5) is 25.8.